The van der Waals surface area contributed by atoms with Crippen LogP contribution in [-0.4, -0.2) is 64.0 Å². The van der Waals surface area contributed by atoms with Crippen LogP contribution in [0.4, 0.5) is 4.39 Å². The van der Waals surface area contributed by atoms with Gasteiger partial charge in [0.15, 0.2) is 11.7 Å². The maximum atomic E-state index is 14.3. The number of nitriles is 1. The summed E-state index contributed by atoms with van der Waals surface area (Å²) in [6.45, 7) is 4.28. The van der Waals surface area contributed by atoms with Gasteiger partial charge in [0.2, 0.25) is 0 Å². The van der Waals surface area contributed by atoms with Crippen molar-refractivity contribution in [1.82, 2.24) is 25.1 Å². The van der Waals surface area contributed by atoms with Crippen molar-refractivity contribution >= 4 is 34.6 Å². The number of hydrogen-bond acceptors (Lipinski definition) is 7. The van der Waals surface area contributed by atoms with Gasteiger partial charge >= 0.3 is 0 Å². The number of nitrogens with one attached hydrogen (secondary N) is 2. The van der Waals surface area contributed by atoms with Crippen molar-refractivity contribution in [2.75, 3.05) is 31.6 Å². The third-order valence-electron chi connectivity index (χ3n) is 7.83. The van der Waals surface area contributed by atoms with Gasteiger partial charge in [0.25, 0.3) is 11.8 Å². The molecular formula is C32H35FN6O3S. The van der Waals surface area contributed by atoms with Crippen molar-refractivity contribution in [3.63, 3.8) is 0 Å². The SMILES string of the molecule is CCNC(=O)c1ccc2nc(C(=O)N3CCC(C4C=CC=C(OCc5ccc(C#N)cc5F)N4)CC3)n(CCSC)c2c1. The van der Waals surface area contributed by atoms with Crippen LogP contribution in [0.1, 0.15) is 51.9 Å². The molecule has 0 spiro atoms. The lowest BCUT2D eigenvalue weighted by atomic mass is 9.88. The molecule has 5 rings (SSSR count). The summed E-state index contributed by atoms with van der Waals surface area (Å²) in [4.78, 5) is 32.8. The van der Waals surface area contributed by atoms with Crippen LogP contribution in [0.5, 0.6) is 0 Å². The number of benzene rings is 2. The highest BCUT2D eigenvalue weighted by Crippen LogP contribution is 2.27. The number of fused-ring (bicyclic) bond motifs is 1. The molecule has 0 bridgehead atoms. The molecule has 1 unspecified atom stereocenters. The fourth-order valence-electron chi connectivity index (χ4n) is 5.48. The van der Waals surface area contributed by atoms with Crippen molar-refractivity contribution in [3.05, 3.63) is 88.8 Å². The molecule has 1 aromatic heterocycles. The fraction of sp³-hybridized carbons (Fsp3) is 0.375. The maximum Gasteiger partial charge on any atom is 0.289 e. The summed E-state index contributed by atoms with van der Waals surface area (Å²) in [5, 5.41) is 15.2. The molecule has 0 radical (unpaired) electrons. The van der Waals surface area contributed by atoms with Crippen LogP contribution in [0.2, 0.25) is 0 Å². The van der Waals surface area contributed by atoms with Crippen LogP contribution in [0.3, 0.4) is 0 Å². The number of ether oxygens (including phenoxy) is 1. The zero-order valence-corrected chi connectivity index (χ0v) is 25.1. The van der Waals surface area contributed by atoms with Crippen LogP contribution < -0.4 is 10.6 Å². The average Bonchev–Trinajstić information content (AvgIpc) is 3.40. The number of aryl methyl sites for hydroxylation is 1. The molecule has 43 heavy (non-hydrogen) atoms. The Labute approximate surface area is 254 Å². The number of nitrogens with zero attached hydrogens (tertiary/aromatic N) is 4. The lowest BCUT2D eigenvalue weighted by Gasteiger charge is -2.36. The van der Waals surface area contributed by atoms with Crippen molar-refractivity contribution < 1.29 is 18.7 Å². The van der Waals surface area contributed by atoms with Crippen LogP contribution in [-0.2, 0) is 17.9 Å². The van der Waals surface area contributed by atoms with Gasteiger partial charge in [0.05, 0.1) is 28.7 Å². The molecular weight excluding hydrogens is 567 g/mol. The van der Waals surface area contributed by atoms with Gasteiger partial charge in [-0.15, -0.1) is 0 Å². The third kappa shape index (κ3) is 6.86. The molecule has 0 saturated carbocycles. The highest BCUT2D eigenvalue weighted by molar-refractivity contribution is 7.98. The lowest BCUT2D eigenvalue weighted by Crippen LogP contribution is -2.45. The Morgan fingerprint density at radius 1 is 1.23 bits per heavy atom. The Bertz CT molecular complexity index is 1600. The molecule has 2 aliphatic rings. The van der Waals surface area contributed by atoms with Gasteiger partial charge in [-0.1, -0.05) is 18.2 Å². The monoisotopic (exact) mass is 602 g/mol. The van der Waals surface area contributed by atoms with Gasteiger partial charge in [0.1, 0.15) is 12.4 Å². The maximum absolute atomic E-state index is 14.3. The molecule has 224 valence electrons. The molecule has 3 aromatic rings. The average molecular weight is 603 g/mol. The van der Waals surface area contributed by atoms with Crippen molar-refractivity contribution in [3.8, 4) is 6.07 Å². The zero-order chi connectivity index (χ0) is 30.3. The molecule has 2 aliphatic heterocycles. The van der Waals surface area contributed by atoms with Crippen molar-refractivity contribution in [1.29, 1.82) is 5.26 Å². The number of carbonyl (C=O) groups is 2. The van der Waals surface area contributed by atoms with Gasteiger partial charge in [-0.2, -0.15) is 17.0 Å². The first-order valence-electron chi connectivity index (χ1n) is 14.4. The first-order chi connectivity index (χ1) is 20.9. The topological polar surface area (TPSA) is 112 Å². The first-order valence-corrected chi connectivity index (χ1v) is 15.8. The predicted octanol–water partition coefficient (Wildman–Crippen LogP) is 4.60. The van der Waals surface area contributed by atoms with E-state index in [0.29, 0.717) is 54.5 Å². The minimum Gasteiger partial charge on any atom is -0.474 e. The fourth-order valence-corrected chi connectivity index (χ4v) is 5.84. The van der Waals surface area contributed by atoms with E-state index in [2.05, 4.69) is 16.7 Å². The van der Waals surface area contributed by atoms with E-state index in [1.807, 2.05) is 53.0 Å². The number of aromatic nitrogens is 2. The number of thioether (sulfide) groups is 1. The Kier molecular flexibility index (Phi) is 9.67. The number of rotatable bonds is 10. The second-order valence-corrected chi connectivity index (χ2v) is 11.6. The molecule has 9 nitrogen and oxygen atoms in total. The van der Waals surface area contributed by atoms with Crippen molar-refractivity contribution in [2.24, 2.45) is 5.92 Å². The minimum absolute atomic E-state index is 0.0295. The van der Waals surface area contributed by atoms with E-state index in [0.717, 1.165) is 24.1 Å². The highest BCUT2D eigenvalue weighted by atomic mass is 32.2. The lowest BCUT2D eigenvalue weighted by molar-refractivity contribution is 0.0656. The summed E-state index contributed by atoms with van der Waals surface area (Å²) in [6, 6.07) is 11.7. The van der Waals surface area contributed by atoms with E-state index in [-0.39, 0.29) is 35.9 Å². The van der Waals surface area contributed by atoms with Crippen LogP contribution in [0, 0.1) is 23.1 Å². The molecule has 11 heteroatoms. The number of dihydropyridines is 1. The minimum atomic E-state index is -0.469. The van der Waals surface area contributed by atoms with Crippen LogP contribution >= 0.6 is 11.8 Å². The molecule has 2 amide bonds. The number of amides is 2. The highest BCUT2D eigenvalue weighted by Gasteiger charge is 2.31. The van der Waals surface area contributed by atoms with Gasteiger partial charge in [-0.05, 0) is 68.3 Å². The zero-order valence-electron chi connectivity index (χ0n) is 24.3. The quantitative estimate of drug-likeness (QED) is 0.349. The summed E-state index contributed by atoms with van der Waals surface area (Å²) >= 11 is 1.69. The third-order valence-corrected chi connectivity index (χ3v) is 8.42. The molecule has 1 atom stereocenters. The number of hydrogen-bond donors (Lipinski definition) is 2. The van der Waals surface area contributed by atoms with Gasteiger partial charge in [-0.25, -0.2) is 9.37 Å². The number of piperidine rings is 1. The summed E-state index contributed by atoms with van der Waals surface area (Å²) < 4.78 is 22.1. The summed E-state index contributed by atoms with van der Waals surface area (Å²) in [5.74, 6) is 1.35. The normalized spacial score (nSPS) is 16.8. The second-order valence-electron chi connectivity index (χ2n) is 10.6. The Morgan fingerprint density at radius 3 is 2.77 bits per heavy atom. The number of halogens is 1. The number of imidazole rings is 1. The van der Waals surface area contributed by atoms with Crippen LogP contribution in [0.25, 0.3) is 11.0 Å². The summed E-state index contributed by atoms with van der Waals surface area (Å²) in [5.41, 5.74) is 2.68. The number of likely N-dealkylation sites (tertiary alicyclic amines) is 1. The summed E-state index contributed by atoms with van der Waals surface area (Å²) in [7, 11) is 0. The molecule has 3 heterocycles. The van der Waals surface area contributed by atoms with Crippen LogP contribution in [0.15, 0.2) is 60.5 Å². The summed E-state index contributed by atoms with van der Waals surface area (Å²) in [6.07, 6.45) is 9.47. The van der Waals surface area contributed by atoms with E-state index < -0.39 is 5.82 Å². The van der Waals surface area contributed by atoms with Gasteiger partial charge < -0.3 is 24.8 Å². The molecule has 1 fully saturated rings. The predicted molar refractivity (Wildman–Crippen MR) is 165 cm³/mol. The van der Waals surface area contributed by atoms with E-state index >= 15 is 0 Å². The first kappa shape index (κ1) is 30.2. The standard InChI is InChI=1S/C32H35FN6O3S/c1-3-35-31(40)23-9-10-27-28(18-23)39(15-16-43-2)30(37-27)32(41)38-13-11-22(12-14-38)26-5-4-6-29(36-26)42-20-24-8-7-21(19-34)17-25(24)33/h4-10,17-18,22,26,36H,3,11-16,20H2,1-2H3,(H,35,40). The second kappa shape index (κ2) is 13.8. The van der Waals surface area contributed by atoms with E-state index in [1.54, 1.807) is 30.0 Å². The molecule has 1 saturated heterocycles. The largest absolute Gasteiger partial charge is 0.474 e. The smallest absolute Gasteiger partial charge is 0.289 e. The Balaban J connectivity index is 1.21. The number of carbonyl (C=O) groups excluding carboxylic acids is 2. The Morgan fingerprint density at radius 2 is 2.05 bits per heavy atom. The van der Waals surface area contributed by atoms with Gasteiger partial charge in [-0.3, -0.25) is 9.59 Å². The van der Waals surface area contributed by atoms with Crippen molar-refractivity contribution in [2.45, 2.75) is 39.0 Å². The van der Waals surface area contributed by atoms with E-state index in [1.165, 1.54) is 6.07 Å². The van der Waals surface area contributed by atoms with E-state index in [9.17, 15) is 14.0 Å². The van der Waals surface area contributed by atoms with E-state index in [4.69, 9.17) is 15.0 Å². The number of allylic oxidation sites excluding steroid dienone is 2. The molecule has 2 N–H and O–H groups in total. The molecule has 0 aliphatic carbocycles. The van der Waals surface area contributed by atoms with Gasteiger partial charge in [0, 0.05) is 43.1 Å². The molecule has 2 aromatic carbocycles. The Hall–Kier alpha value is -4.30.